The Labute approximate surface area is 137 Å². The lowest BCUT2D eigenvalue weighted by atomic mass is 9.98. The number of hydrogen-bond donors (Lipinski definition) is 2. The molecule has 0 aliphatic carbocycles. The zero-order valence-electron chi connectivity index (χ0n) is 13.2. The van der Waals surface area contributed by atoms with Crippen LogP contribution in [0.5, 0.6) is 0 Å². The van der Waals surface area contributed by atoms with Gasteiger partial charge in [0.25, 0.3) is 0 Å². The van der Waals surface area contributed by atoms with Crippen molar-refractivity contribution in [3.8, 4) is 0 Å². The van der Waals surface area contributed by atoms with Gasteiger partial charge in [-0.05, 0) is 31.0 Å². The Kier molecular flexibility index (Phi) is 3.60. The Morgan fingerprint density at radius 3 is 3.08 bits per heavy atom. The number of carbonyl (C=O) groups is 1. The van der Waals surface area contributed by atoms with Gasteiger partial charge in [-0.3, -0.25) is 0 Å². The largest absolute Gasteiger partial charge is 0.340 e. The first-order valence-corrected chi connectivity index (χ1v) is 7.86. The number of aromatic amines is 1. The second-order valence-electron chi connectivity index (χ2n) is 5.91. The fourth-order valence-corrected chi connectivity index (χ4v) is 2.97. The molecule has 3 heterocycles. The van der Waals surface area contributed by atoms with Gasteiger partial charge >= 0.3 is 6.03 Å². The molecule has 2 amide bonds. The molecule has 124 valence electrons. The van der Waals surface area contributed by atoms with Crippen LogP contribution in [0.3, 0.4) is 0 Å². The Morgan fingerprint density at radius 2 is 2.25 bits per heavy atom. The maximum absolute atomic E-state index is 12.5. The lowest BCUT2D eigenvalue weighted by Crippen LogP contribution is -2.41. The highest BCUT2D eigenvalue weighted by Crippen LogP contribution is 2.25. The van der Waals surface area contributed by atoms with Crippen LogP contribution in [-0.4, -0.2) is 49.6 Å². The monoisotopic (exact) mass is 327 g/mol. The van der Waals surface area contributed by atoms with Gasteiger partial charge in [0.2, 0.25) is 5.89 Å². The number of anilines is 1. The van der Waals surface area contributed by atoms with Crippen molar-refractivity contribution < 1.29 is 9.32 Å². The fourth-order valence-electron chi connectivity index (χ4n) is 2.97. The van der Waals surface area contributed by atoms with Crippen LogP contribution in [0, 0.1) is 6.92 Å². The van der Waals surface area contributed by atoms with Crippen molar-refractivity contribution in [2.45, 2.75) is 25.7 Å². The molecule has 9 nitrogen and oxygen atoms in total. The summed E-state index contributed by atoms with van der Waals surface area (Å²) in [6.45, 7) is 3.06. The third kappa shape index (κ3) is 2.80. The molecule has 1 aliphatic heterocycles. The van der Waals surface area contributed by atoms with Crippen LogP contribution in [0.1, 0.15) is 30.5 Å². The van der Waals surface area contributed by atoms with Crippen molar-refractivity contribution in [3.05, 3.63) is 29.9 Å². The normalized spacial score (nSPS) is 18.0. The van der Waals surface area contributed by atoms with Crippen LogP contribution in [0.4, 0.5) is 10.5 Å². The zero-order valence-corrected chi connectivity index (χ0v) is 13.2. The van der Waals surface area contributed by atoms with Crippen LogP contribution in [0.2, 0.25) is 0 Å². The smallest absolute Gasteiger partial charge is 0.321 e. The van der Waals surface area contributed by atoms with Crippen molar-refractivity contribution in [1.29, 1.82) is 0 Å². The summed E-state index contributed by atoms with van der Waals surface area (Å²) in [5.74, 6) is 1.33. The number of likely N-dealkylation sites (tertiary alicyclic amines) is 1. The summed E-state index contributed by atoms with van der Waals surface area (Å²) >= 11 is 0. The zero-order chi connectivity index (χ0) is 16.5. The van der Waals surface area contributed by atoms with E-state index in [0.717, 1.165) is 18.4 Å². The number of aryl methyl sites for hydroxylation is 1. The lowest BCUT2D eigenvalue weighted by Gasteiger charge is -2.31. The summed E-state index contributed by atoms with van der Waals surface area (Å²) in [4.78, 5) is 18.6. The average molecular weight is 327 g/mol. The molecule has 2 N–H and O–H groups in total. The minimum Gasteiger partial charge on any atom is -0.340 e. The molecule has 0 saturated carbocycles. The topological polar surface area (TPSA) is 113 Å². The molecule has 3 aromatic rings. The van der Waals surface area contributed by atoms with Crippen LogP contribution < -0.4 is 5.32 Å². The average Bonchev–Trinajstić information content (AvgIpc) is 3.23. The van der Waals surface area contributed by atoms with E-state index >= 15 is 0 Å². The highest BCUT2D eigenvalue weighted by Gasteiger charge is 2.27. The van der Waals surface area contributed by atoms with Crippen molar-refractivity contribution >= 4 is 22.8 Å². The Balaban J connectivity index is 1.45. The Morgan fingerprint density at radius 1 is 1.38 bits per heavy atom. The van der Waals surface area contributed by atoms with Crippen molar-refractivity contribution in [2.24, 2.45) is 0 Å². The highest BCUT2D eigenvalue weighted by molar-refractivity contribution is 5.91. The SMILES string of the molecule is Cc1nc([C@@H]2CCCN(C(=O)Nc3ccc4n[nH]nc4c3)C2)no1. The number of nitrogens with one attached hydrogen (secondary N) is 2. The van der Waals surface area contributed by atoms with E-state index in [9.17, 15) is 4.79 Å². The van der Waals surface area contributed by atoms with E-state index in [1.807, 2.05) is 12.1 Å². The van der Waals surface area contributed by atoms with E-state index < -0.39 is 0 Å². The van der Waals surface area contributed by atoms with Gasteiger partial charge in [0, 0.05) is 31.6 Å². The number of piperidine rings is 1. The molecule has 0 radical (unpaired) electrons. The minimum absolute atomic E-state index is 0.111. The number of amides is 2. The summed E-state index contributed by atoms with van der Waals surface area (Å²) in [7, 11) is 0. The standard InChI is InChI=1S/C15H17N7O2/c1-9-16-14(20-24-9)10-3-2-6-22(8-10)15(23)17-11-4-5-12-13(7-11)19-21-18-12/h4-5,7,10H,2-3,6,8H2,1H3,(H,17,23)(H,18,19,21)/t10-/m1/s1. The molecule has 2 aromatic heterocycles. The summed E-state index contributed by atoms with van der Waals surface area (Å²) in [5, 5.41) is 17.5. The van der Waals surface area contributed by atoms with Gasteiger partial charge in [-0.1, -0.05) is 5.16 Å². The Hall–Kier alpha value is -2.97. The van der Waals surface area contributed by atoms with E-state index in [0.29, 0.717) is 36.0 Å². The number of nitrogens with zero attached hydrogens (tertiary/aromatic N) is 5. The third-order valence-corrected chi connectivity index (χ3v) is 4.18. The first-order chi connectivity index (χ1) is 11.7. The molecule has 24 heavy (non-hydrogen) atoms. The molecule has 1 fully saturated rings. The predicted molar refractivity (Wildman–Crippen MR) is 85.5 cm³/mol. The van der Waals surface area contributed by atoms with Gasteiger partial charge in [-0.15, -0.1) is 0 Å². The first-order valence-electron chi connectivity index (χ1n) is 7.86. The van der Waals surface area contributed by atoms with E-state index in [4.69, 9.17) is 4.52 Å². The van der Waals surface area contributed by atoms with Gasteiger partial charge in [0.1, 0.15) is 11.0 Å². The molecule has 0 bridgehead atoms. The molecule has 0 spiro atoms. The van der Waals surface area contributed by atoms with Crippen molar-refractivity contribution in [1.82, 2.24) is 30.5 Å². The van der Waals surface area contributed by atoms with Crippen LogP contribution in [0.15, 0.2) is 22.7 Å². The number of aromatic nitrogens is 5. The van der Waals surface area contributed by atoms with Gasteiger partial charge in [-0.25, -0.2) is 4.79 Å². The van der Waals surface area contributed by atoms with Gasteiger partial charge < -0.3 is 14.7 Å². The molecular formula is C15H17N7O2. The van der Waals surface area contributed by atoms with Crippen molar-refractivity contribution in [3.63, 3.8) is 0 Å². The van der Waals surface area contributed by atoms with Crippen LogP contribution in [-0.2, 0) is 0 Å². The first kappa shape index (κ1) is 14.6. The molecular weight excluding hydrogens is 310 g/mol. The predicted octanol–water partition coefficient (Wildman–Crippen LogP) is 2.06. The molecule has 1 saturated heterocycles. The second kappa shape index (κ2) is 5.91. The number of urea groups is 1. The molecule has 0 unspecified atom stereocenters. The number of hydrogen-bond acceptors (Lipinski definition) is 6. The van der Waals surface area contributed by atoms with E-state index in [1.165, 1.54) is 0 Å². The Bertz CT molecular complexity index is 871. The molecule has 4 rings (SSSR count). The molecule has 1 atom stereocenters. The highest BCUT2D eigenvalue weighted by atomic mass is 16.5. The van der Waals surface area contributed by atoms with E-state index in [1.54, 1.807) is 17.9 Å². The van der Waals surface area contributed by atoms with Crippen molar-refractivity contribution in [2.75, 3.05) is 18.4 Å². The molecule has 1 aliphatic rings. The fraction of sp³-hybridized carbons (Fsp3) is 0.400. The second-order valence-corrected chi connectivity index (χ2v) is 5.91. The number of carbonyl (C=O) groups excluding carboxylic acids is 1. The molecule has 1 aromatic carbocycles. The van der Waals surface area contributed by atoms with Gasteiger partial charge in [0.15, 0.2) is 5.82 Å². The van der Waals surface area contributed by atoms with Gasteiger partial charge in [0.05, 0.1) is 0 Å². The van der Waals surface area contributed by atoms with E-state index in [2.05, 4.69) is 30.9 Å². The lowest BCUT2D eigenvalue weighted by molar-refractivity contribution is 0.190. The van der Waals surface area contributed by atoms with Crippen LogP contribution >= 0.6 is 0 Å². The third-order valence-electron chi connectivity index (χ3n) is 4.18. The number of rotatable bonds is 2. The maximum Gasteiger partial charge on any atom is 0.321 e. The summed E-state index contributed by atoms with van der Waals surface area (Å²) in [6, 6.07) is 5.28. The van der Waals surface area contributed by atoms with Crippen LogP contribution in [0.25, 0.3) is 11.0 Å². The minimum atomic E-state index is -0.136. The maximum atomic E-state index is 12.5. The number of fused-ring (bicyclic) bond motifs is 1. The number of benzene rings is 1. The summed E-state index contributed by atoms with van der Waals surface area (Å²) in [5.41, 5.74) is 2.17. The van der Waals surface area contributed by atoms with Gasteiger partial charge in [-0.2, -0.15) is 20.4 Å². The summed E-state index contributed by atoms with van der Waals surface area (Å²) in [6.07, 6.45) is 1.86. The number of H-pyrrole nitrogens is 1. The summed E-state index contributed by atoms with van der Waals surface area (Å²) < 4.78 is 5.05. The quantitative estimate of drug-likeness (QED) is 0.745. The van der Waals surface area contributed by atoms with E-state index in [-0.39, 0.29) is 11.9 Å². The molecule has 9 heteroatoms.